The molecule has 0 fully saturated rings. The Labute approximate surface area is 111 Å². The third-order valence-corrected chi connectivity index (χ3v) is 2.57. The van der Waals surface area contributed by atoms with Crippen LogP contribution in [0.4, 0.5) is 5.69 Å². The van der Waals surface area contributed by atoms with Crippen molar-refractivity contribution < 1.29 is 9.53 Å². The highest BCUT2D eigenvalue weighted by Crippen LogP contribution is 2.14. The van der Waals surface area contributed by atoms with Crippen LogP contribution < -0.4 is 4.90 Å². The Morgan fingerprint density at radius 1 is 1.47 bits per heavy atom. The summed E-state index contributed by atoms with van der Waals surface area (Å²) in [4.78, 5) is 17.8. The van der Waals surface area contributed by atoms with Crippen LogP contribution in [0.3, 0.4) is 0 Å². The molecule has 0 aliphatic rings. The van der Waals surface area contributed by atoms with Gasteiger partial charge in [-0.05, 0) is 13.0 Å². The molecule has 2 aromatic rings. The lowest BCUT2D eigenvalue weighted by Crippen LogP contribution is -2.10. The molecule has 0 saturated carbocycles. The predicted molar refractivity (Wildman–Crippen MR) is 71.6 cm³/mol. The number of ether oxygens (including phenoxy) is 1. The topological polar surface area (TPSA) is 60.2 Å². The summed E-state index contributed by atoms with van der Waals surface area (Å²) < 4.78 is 6.47. The number of carbonyl (C=O) groups excluding carboxylic acids is 1. The number of carbonyl (C=O) groups is 1. The van der Waals surface area contributed by atoms with Gasteiger partial charge in [-0.3, -0.25) is 0 Å². The van der Waals surface area contributed by atoms with Crippen LogP contribution in [0.2, 0.25) is 0 Å². The van der Waals surface area contributed by atoms with Gasteiger partial charge in [0.1, 0.15) is 0 Å². The van der Waals surface area contributed by atoms with E-state index >= 15 is 0 Å². The third-order valence-electron chi connectivity index (χ3n) is 2.57. The molecule has 19 heavy (non-hydrogen) atoms. The van der Waals surface area contributed by atoms with Gasteiger partial charge in [0.05, 0.1) is 18.4 Å². The van der Waals surface area contributed by atoms with Crippen LogP contribution in [-0.4, -0.2) is 41.4 Å². The van der Waals surface area contributed by atoms with Gasteiger partial charge < -0.3 is 9.64 Å². The number of aromatic nitrogens is 3. The zero-order valence-corrected chi connectivity index (χ0v) is 11.2. The molecule has 0 atom stereocenters. The normalized spacial score (nSPS) is 10.3. The fourth-order valence-electron chi connectivity index (χ4n) is 1.58. The highest BCUT2D eigenvalue weighted by atomic mass is 16.5. The van der Waals surface area contributed by atoms with Gasteiger partial charge in [-0.1, -0.05) is 0 Å². The number of nitrogens with zero attached hydrogens (tertiary/aromatic N) is 4. The zero-order valence-electron chi connectivity index (χ0n) is 11.2. The summed E-state index contributed by atoms with van der Waals surface area (Å²) in [5.41, 5.74) is 1.43. The first-order valence-electron chi connectivity index (χ1n) is 5.97. The Morgan fingerprint density at radius 2 is 2.26 bits per heavy atom. The molecule has 0 radical (unpaired) electrons. The van der Waals surface area contributed by atoms with Gasteiger partial charge >= 0.3 is 5.97 Å². The Balaban J connectivity index is 2.27. The van der Waals surface area contributed by atoms with Crippen molar-refractivity contribution in [3.05, 3.63) is 36.3 Å². The molecule has 100 valence electrons. The van der Waals surface area contributed by atoms with Crippen molar-refractivity contribution in [2.24, 2.45) is 0 Å². The van der Waals surface area contributed by atoms with E-state index in [2.05, 4.69) is 10.1 Å². The summed E-state index contributed by atoms with van der Waals surface area (Å²) in [6, 6.07) is 3.79. The van der Waals surface area contributed by atoms with Gasteiger partial charge in [0.15, 0.2) is 5.82 Å². The van der Waals surface area contributed by atoms with E-state index in [4.69, 9.17) is 4.74 Å². The van der Waals surface area contributed by atoms with Crippen LogP contribution in [0.25, 0.3) is 5.82 Å². The Bertz CT molecular complexity index is 578. The second-order valence-corrected chi connectivity index (χ2v) is 4.16. The molecule has 0 aliphatic carbocycles. The summed E-state index contributed by atoms with van der Waals surface area (Å²) in [5.74, 6) is 0.277. The summed E-state index contributed by atoms with van der Waals surface area (Å²) in [5, 5.41) is 4.13. The lowest BCUT2D eigenvalue weighted by atomic mass is 10.3. The van der Waals surface area contributed by atoms with Crippen LogP contribution in [0, 0.1) is 0 Å². The predicted octanol–water partition coefficient (Wildman–Crippen LogP) is 1.51. The van der Waals surface area contributed by atoms with Crippen molar-refractivity contribution in [1.82, 2.24) is 14.8 Å². The van der Waals surface area contributed by atoms with E-state index in [1.165, 1.54) is 6.20 Å². The molecule has 6 heteroatoms. The Morgan fingerprint density at radius 3 is 2.95 bits per heavy atom. The molecule has 2 aromatic heterocycles. The van der Waals surface area contributed by atoms with Crippen molar-refractivity contribution >= 4 is 11.7 Å². The fourth-order valence-corrected chi connectivity index (χ4v) is 1.58. The van der Waals surface area contributed by atoms with E-state index in [0.29, 0.717) is 18.0 Å². The first-order valence-corrected chi connectivity index (χ1v) is 5.97. The standard InChI is InChI=1S/C13H16N4O2/c1-4-19-13(18)10-8-15-17(9-10)12-7-11(16(2)3)5-6-14-12/h5-9H,4H2,1-3H3. The van der Waals surface area contributed by atoms with Crippen molar-refractivity contribution in [1.29, 1.82) is 0 Å². The van der Waals surface area contributed by atoms with Gasteiger partial charge in [-0.2, -0.15) is 5.10 Å². The number of hydrogen-bond acceptors (Lipinski definition) is 5. The molecule has 0 aromatic carbocycles. The maximum atomic E-state index is 11.6. The molecule has 0 amide bonds. The molecular weight excluding hydrogens is 244 g/mol. The van der Waals surface area contributed by atoms with E-state index in [1.807, 2.05) is 31.1 Å². The van der Waals surface area contributed by atoms with Crippen LogP contribution in [0.1, 0.15) is 17.3 Å². The quantitative estimate of drug-likeness (QED) is 0.780. The number of rotatable bonds is 4. The second-order valence-electron chi connectivity index (χ2n) is 4.16. The zero-order chi connectivity index (χ0) is 13.8. The van der Waals surface area contributed by atoms with Crippen molar-refractivity contribution in [2.45, 2.75) is 6.92 Å². The number of esters is 1. The SMILES string of the molecule is CCOC(=O)c1cnn(-c2cc(N(C)C)ccn2)c1. The molecule has 0 unspecified atom stereocenters. The van der Waals surface area contributed by atoms with Gasteiger partial charge in [0.2, 0.25) is 0 Å². The van der Waals surface area contributed by atoms with Crippen molar-refractivity contribution in [3.63, 3.8) is 0 Å². The second kappa shape index (κ2) is 5.51. The number of anilines is 1. The van der Waals surface area contributed by atoms with Crippen LogP contribution in [0.5, 0.6) is 0 Å². The highest BCUT2D eigenvalue weighted by molar-refractivity contribution is 5.88. The van der Waals surface area contributed by atoms with Crippen molar-refractivity contribution in [3.8, 4) is 5.82 Å². The van der Waals surface area contributed by atoms with Gasteiger partial charge in [-0.25, -0.2) is 14.5 Å². The molecule has 2 rings (SSSR count). The maximum absolute atomic E-state index is 11.6. The summed E-state index contributed by atoms with van der Waals surface area (Å²) in [6.45, 7) is 2.11. The average Bonchev–Trinajstić information content (AvgIpc) is 2.89. The molecular formula is C13H16N4O2. The van der Waals surface area contributed by atoms with Gasteiger partial charge in [-0.15, -0.1) is 0 Å². The summed E-state index contributed by atoms with van der Waals surface area (Å²) >= 11 is 0. The van der Waals surface area contributed by atoms with E-state index in [0.717, 1.165) is 5.69 Å². The fraction of sp³-hybridized carbons (Fsp3) is 0.308. The lowest BCUT2D eigenvalue weighted by molar-refractivity contribution is 0.0526. The first-order chi connectivity index (χ1) is 9.11. The minimum atomic E-state index is -0.377. The minimum Gasteiger partial charge on any atom is -0.462 e. The van der Waals surface area contributed by atoms with E-state index in [1.54, 1.807) is 24.0 Å². The lowest BCUT2D eigenvalue weighted by Gasteiger charge is -2.12. The summed E-state index contributed by atoms with van der Waals surface area (Å²) in [6.07, 6.45) is 4.79. The van der Waals surface area contributed by atoms with E-state index < -0.39 is 0 Å². The molecule has 2 heterocycles. The molecule has 0 aliphatic heterocycles. The Hall–Kier alpha value is -2.37. The average molecular weight is 260 g/mol. The van der Waals surface area contributed by atoms with Crippen LogP contribution >= 0.6 is 0 Å². The smallest absolute Gasteiger partial charge is 0.341 e. The van der Waals surface area contributed by atoms with Crippen molar-refractivity contribution in [2.75, 3.05) is 25.6 Å². The largest absolute Gasteiger partial charge is 0.462 e. The van der Waals surface area contributed by atoms with E-state index in [-0.39, 0.29) is 5.97 Å². The monoisotopic (exact) mass is 260 g/mol. The van der Waals surface area contributed by atoms with Crippen LogP contribution in [-0.2, 0) is 4.74 Å². The van der Waals surface area contributed by atoms with Gasteiger partial charge in [0, 0.05) is 38.2 Å². The molecule has 0 saturated heterocycles. The molecule has 0 spiro atoms. The highest BCUT2D eigenvalue weighted by Gasteiger charge is 2.11. The van der Waals surface area contributed by atoms with E-state index in [9.17, 15) is 4.79 Å². The third kappa shape index (κ3) is 2.90. The number of pyridine rings is 1. The van der Waals surface area contributed by atoms with Crippen LogP contribution in [0.15, 0.2) is 30.7 Å². The molecule has 0 bridgehead atoms. The molecule has 0 N–H and O–H groups in total. The Kier molecular flexibility index (Phi) is 3.79. The van der Waals surface area contributed by atoms with Gasteiger partial charge in [0.25, 0.3) is 0 Å². The number of hydrogen-bond donors (Lipinski definition) is 0. The molecule has 6 nitrogen and oxygen atoms in total. The minimum absolute atomic E-state index is 0.346. The maximum Gasteiger partial charge on any atom is 0.341 e. The first kappa shape index (κ1) is 13.1. The summed E-state index contributed by atoms with van der Waals surface area (Å²) in [7, 11) is 3.90.